The molecule has 0 aromatic heterocycles. The van der Waals surface area contributed by atoms with Crippen molar-refractivity contribution in [1.29, 1.82) is 0 Å². The third-order valence-electron chi connectivity index (χ3n) is 2.39. The second-order valence-electron chi connectivity index (χ2n) is 3.96. The predicted octanol–water partition coefficient (Wildman–Crippen LogP) is 3.48. The Morgan fingerprint density at radius 1 is 1.05 bits per heavy atom. The number of alkyl halides is 6. The first-order chi connectivity index (χ1) is 9.55. The van der Waals surface area contributed by atoms with Crippen molar-refractivity contribution in [2.45, 2.75) is 25.1 Å². The van der Waals surface area contributed by atoms with E-state index in [1.54, 1.807) is 0 Å². The molecule has 0 aliphatic carbocycles. The fraction of sp³-hybridized carbons (Fsp3) is 0.417. The van der Waals surface area contributed by atoms with Gasteiger partial charge in [0.25, 0.3) is 0 Å². The summed E-state index contributed by atoms with van der Waals surface area (Å²) in [6.45, 7) is -0.898. The third-order valence-corrected chi connectivity index (χ3v) is 2.39. The summed E-state index contributed by atoms with van der Waals surface area (Å²) in [4.78, 5) is 11.1. The van der Waals surface area contributed by atoms with Crippen LogP contribution in [0.2, 0.25) is 0 Å². The second kappa shape index (κ2) is 6.33. The Bertz CT molecular complexity index is 463. The van der Waals surface area contributed by atoms with Crippen molar-refractivity contribution >= 4 is 5.97 Å². The molecule has 0 N–H and O–H groups in total. The average molecular weight is 316 g/mol. The van der Waals surface area contributed by atoms with Gasteiger partial charge in [-0.2, -0.15) is 26.3 Å². The van der Waals surface area contributed by atoms with Gasteiger partial charge < -0.3 is 9.47 Å². The van der Waals surface area contributed by atoms with Crippen LogP contribution in [0.4, 0.5) is 26.3 Å². The van der Waals surface area contributed by atoms with Crippen LogP contribution in [0, 0.1) is 0 Å². The Balaban J connectivity index is 2.75. The highest BCUT2D eigenvalue weighted by molar-refractivity contribution is 5.89. The minimum absolute atomic E-state index is 0.0566. The number of halogens is 6. The summed E-state index contributed by atoms with van der Waals surface area (Å²) in [5.74, 6) is -0.675. The largest absolute Gasteiger partial charge is 0.465 e. The van der Waals surface area contributed by atoms with Crippen LogP contribution in [0.25, 0.3) is 0 Å². The predicted molar refractivity (Wildman–Crippen MR) is 58.5 cm³/mol. The normalized spacial score (nSPS) is 12.6. The molecule has 0 fully saturated rings. The van der Waals surface area contributed by atoms with Gasteiger partial charge in [0.1, 0.15) is 0 Å². The van der Waals surface area contributed by atoms with Gasteiger partial charge in [0.2, 0.25) is 6.10 Å². The molecule has 0 saturated heterocycles. The number of hydrogen-bond donors (Lipinski definition) is 0. The van der Waals surface area contributed by atoms with Crippen LogP contribution in [0.5, 0.6) is 0 Å². The first-order valence-electron chi connectivity index (χ1n) is 5.48. The molecule has 0 heterocycles. The summed E-state index contributed by atoms with van der Waals surface area (Å²) < 4.78 is 81.7. The molecule has 118 valence electrons. The molecule has 0 saturated carbocycles. The molecule has 0 radical (unpaired) electrons. The Hall–Kier alpha value is -1.77. The molecule has 0 bridgehead atoms. The van der Waals surface area contributed by atoms with Crippen LogP contribution >= 0.6 is 0 Å². The molecule has 21 heavy (non-hydrogen) atoms. The molecule has 0 amide bonds. The van der Waals surface area contributed by atoms with E-state index in [4.69, 9.17) is 0 Å². The Kier molecular flexibility index (Phi) is 5.21. The minimum Gasteiger partial charge on any atom is -0.465 e. The van der Waals surface area contributed by atoms with Gasteiger partial charge in [-0.3, -0.25) is 0 Å². The van der Waals surface area contributed by atoms with E-state index in [0.29, 0.717) is 0 Å². The van der Waals surface area contributed by atoms with Crippen LogP contribution in [0.15, 0.2) is 24.3 Å². The van der Waals surface area contributed by atoms with Gasteiger partial charge >= 0.3 is 18.3 Å². The quantitative estimate of drug-likeness (QED) is 0.630. The third kappa shape index (κ3) is 4.92. The maximum Gasteiger partial charge on any atom is 0.423 e. The zero-order chi connectivity index (χ0) is 16.3. The molecule has 0 atom stereocenters. The van der Waals surface area contributed by atoms with Crippen LogP contribution in [0.1, 0.15) is 15.9 Å². The lowest BCUT2D eigenvalue weighted by Crippen LogP contribution is -2.44. The Morgan fingerprint density at radius 3 is 1.90 bits per heavy atom. The van der Waals surface area contributed by atoms with Gasteiger partial charge in [-0.1, -0.05) is 12.1 Å². The van der Waals surface area contributed by atoms with E-state index in [1.807, 2.05) is 0 Å². The molecular weight excluding hydrogens is 306 g/mol. The lowest BCUT2D eigenvalue weighted by Gasteiger charge is -2.23. The molecule has 1 aromatic rings. The summed E-state index contributed by atoms with van der Waals surface area (Å²) in [5.41, 5.74) is 0.172. The van der Waals surface area contributed by atoms with Crippen LogP contribution < -0.4 is 0 Å². The van der Waals surface area contributed by atoms with Gasteiger partial charge in [0.05, 0.1) is 19.3 Å². The van der Waals surface area contributed by atoms with E-state index in [-0.39, 0.29) is 11.1 Å². The first kappa shape index (κ1) is 17.3. The highest BCUT2D eigenvalue weighted by Gasteiger charge is 2.57. The Labute approximate surface area is 115 Å². The molecule has 0 unspecified atom stereocenters. The SMILES string of the molecule is COC(=O)c1ccc(COC(C(F)(F)F)C(F)(F)F)cc1. The van der Waals surface area contributed by atoms with Crippen molar-refractivity contribution in [2.75, 3.05) is 7.11 Å². The summed E-state index contributed by atoms with van der Waals surface area (Å²) in [7, 11) is 1.14. The van der Waals surface area contributed by atoms with Gasteiger partial charge in [-0.25, -0.2) is 4.79 Å². The molecule has 0 aliphatic heterocycles. The molecule has 9 heteroatoms. The zero-order valence-electron chi connectivity index (χ0n) is 10.6. The number of hydrogen-bond acceptors (Lipinski definition) is 3. The fourth-order valence-corrected chi connectivity index (χ4v) is 1.41. The summed E-state index contributed by atoms with van der Waals surface area (Å²) >= 11 is 0. The molecule has 1 rings (SSSR count). The summed E-state index contributed by atoms with van der Waals surface area (Å²) in [6, 6.07) is 4.77. The van der Waals surface area contributed by atoms with E-state index >= 15 is 0 Å². The standard InChI is InChI=1S/C12H10F6O3/c1-20-9(19)8-4-2-7(3-5-8)6-21-10(11(13,14)15)12(16,17)18/h2-5,10H,6H2,1H3. The number of carbonyl (C=O) groups is 1. The lowest BCUT2D eigenvalue weighted by atomic mass is 10.1. The van der Waals surface area contributed by atoms with Crippen molar-refractivity contribution in [3.8, 4) is 0 Å². The van der Waals surface area contributed by atoms with Gasteiger partial charge in [0, 0.05) is 0 Å². The summed E-state index contributed by atoms with van der Waals surface area (Å²) in [5, 5.41) is 0. The van der Waals surface area contributed by atoms with E-state index in [1.165, 1.54) is 24.3 Å². The molecule has 1 aromatic carbocycles. The molecule has 0 spiro atoms. The van der Waals surface area contributed by atoms with E-state index in [9.17, 15) is 31.1 Å². The van der Waals surface area contributed by atoms with Crippen molar-refractivity contribution < 1.29 is 40.6 Å². The smallest absolute Gasteiger partial charge is 0.423 e. The van der Waals surface area contributed by atoms with Gasteiger partial charge in [0.15, 0.2) is 0 Å². The zero-order valence-corrected chi connectivity index (χ0v) is 10.6. The van der Waals surface area contributed by atoms with E-state index in [0.717, 1.165) is 7.11 Å². The van der Waals surface area contributed by atoms with Crippen LogP contribution in [-0.4, -0.2) is 31.5 Å². The number of rotatable bonds is 4. The van der Waals surface area contributed by atoms with Crippen molar-refractivity contribution in [1.82, 2.24) is 0 Å². The molecule has 0 aliphatic rings. The number of methoxy groups -OCH3 is 1. The topological polar surface area (TPSA) is 35.5 Å². The monoisotopic (exact) mass is 316 g/mol. The van der Waals surface area contributed by atoms with Crippen molar-refractivity contribution in [2.24, 2.45) is 0 Å². The van der Waals surface area contributed by atoms with Crippen LogP contribution in [-0.2, 0) is 16.1 Å². The Morgan fingerprint density at radius 2 is 1.52 bits per heavy atom. The number of ether oxygens (including phenoxy) is 2. The fourth-order valence-electron chi connectivity index (χ4n) is 1.41. The highest BCUT2D eigenvalue weighted by Crippen LogP contribution is 2.36. The van der Waals surface area contributed by atoms with Crippen LogP contribution in [0.3, 0.4) is 0 Å². The van der Waals surface area contributed by atoms with E-state index < -0.39 is 31.0 Å². The van der Waals surface area contributed by atoms with E-state index in [2.05, 4.69) is 9.47 Å². The lowest BCUT2D eigenvalue weighted by molar-refractivity contribution is -0.324. The van der Waals surface area contributed by atoms with Crippen molar-refractivity contribution in [3.05, 3.63) is 35.4 Å². The minimum atomic E-state index is -5.55. The van der Waals surface area contributed by atoms with Gasteiger partial charge in [-0.05, 0) is 17.7 Å². The maximum absolute atomic E-state index is 12.2. The molecule has 3 nitrogen and oxygen atoms in total. The number of carbonyl (C=O) groups excluding carboxylic acids is 1. The summed E-state index contributed by atoms with van der Waals surface area (Å²) in [6.07, 6.45) is -15.0. The number of benzene rings is 1. The highest BCUT2D eigenvalue weighted by atomic mass is 19.4. The van der Waals surface area contributed by atoms with Gasteiger partial charge in [-0.15, -0.1) is 0 Å². The molecular formula is C12H10F6O3. The number of esters is 1. The van der Waals surface area contributed by atoms with Crippen molar-refractivity contribution in [3.63, 3.8) is 0 Å². The second-order valence-corrected chi connectivity index (χ2v) is 3.96. The first-order valence-corrected chi connectivity index (χ1v) is 5.48. The average Bonchev–Trinajstić information content (AvgIpc) is 2.35. The maximum atomic E-state index is 12.2.